The molecule has 1 aromatic carbocycles. The molecule has 1 aromatic rings. The zero-order valence-electron chi connectivity index (χ0n) is 11.6. The second-order valence-electron chi connectivity index (χ2n) is 5.02. The van der Waals surface area contributed by atoms with E-state index in [0.717, 1.165) is 25.1 Å². The van der Waals surface area contributed by atoms with Crippen LogP contribution >= 0.6 is 12.2 Å². The number of sulfonamides is 1. The second kappa shape index (κ2) is 5.54. The van der Waals surface area contributed by atoms with Crippen molar-refractivity contribution in [3.63, 3.8) is 0 Å². The van der Waals surface area contributed by atoms with Crippen molar-refractivity contribution in [1.82, 2.24) is 4.72 Å². The molecule has 0 saturated heterocycles. The summed E-state index contributed by atoms with van der Waals surface area (Å²) in [6.07, 6.45) is -4.63. The van der Waals surface area contributed by atoms with Gasteiger partial charge in [-0.15, -0.1) is 0 Å². The highest BCUT2D eigenvalue weighted by Gasteiger charge is 2.36. The van der Waals surface area contributed by atoms with E-state index in [4.69, 9.17) is 18.0 Å². The third kappa shape index (κ3) is 3.92. The van der Waals surface area contributed by atoms with Gasteiger partial charge in [-0.1, -0.05) is 18.3 Å². The van der Waals surface area contributed by atoms with Gasteiger partial charge in [-0.25, -0.2) is 8.42 Å². The summed E-state index contributed by atoms with van der Waals surface area (Å²) >= 11 is 4.74. The molecule has 0 radical (unpaired) electrons. The zero-order chi connectivity index (χ0) is 16.6. The molecular formula is C12H15F3N2O2S2. The topological polar surface area (TPSA) is 72.2 Å². The van der Waals surface area contributed by atoms with Crippen LogP contribution in [0.5, 0.6) is 0 Å². The van der Waals surface area contributed by atoms with Crippen LogP contribution in [0.15, 0.2) is 23.1 Å². The van der Waals surface area contributed by atoms with Crippen LogP contribution in [0.2, 0.25) is 0 Å². The molecule has 3 N–H and O–H groups in total. The van der Waals surface area contributed by atoms with Crippen molar-refractivity contribution in [3.8, 4) is 0 Å². The van der Waals surface area contributed by atoms with Gasteiger partial charge in [-0.05, 0) is 38.5 Å². The second-order valence-corrected chi connectivity index (χ2v) is 7.11. The number of thiocarbonyl (C=S) groups is 1. The summed E-state index contributed by atoms with van der Waals surface area (Å²) < 4.78 is 65.2. The number of hydrogen-bond acceptors (Lipinski definition) is 3. The van der Waals surface area contributed by atoms with Crippen molar-refractivity contribution < 1.29 is 21.6 Å². The van der Waals surface area contributed by atoms with E-state index in [0.29, 0.717) is 0 Å². The molecule has 21 heavy (non-hydrogen) atoms. The molecule has 0 unspecified atom stereocenters. The van der Waals surface area contributed by atoms with Crippen LogP contribution in [0.25, 0.3) is 0 Å². The van der Waals surface area contributed by atoms with Crippen molar-refractivity contribution >= 4 is 27.2 Å². The van der Waals surface area contributed by atoms with Crippen LogP contribution < -0.4 is 10.5 Å². The minimum Gasteiger partial charge on any atom is -0.392 e. The van der Waals surface area contributed by atoms with Gasteiger partial charge in [0.2, 0.25) is 10.0 Å². The number of halogens is 3. The van der Waals surface area contributed by atoms with Crippen molar-refractivity contribution in [2.24, 2.45) is 5.73 Å². The van der Waals surface area contributed by atoms with Gasteiger partial charge >= 0.3 is 6.18 Å². The molecule has 0 bridgehead atoms. The predicted molar refractivity (Wildman–Crippen MR) is 77.4 cm³/mol. The Bertz CT molecular complexity index is 668. The molecule has 0 heterocycles. The summed E-state index contributed by atoms with van der Waals surface area (Å²) in [4.78, 5) is -0.572. The molecule has 0 aliphatic rings. The summed E-state index contributed by atoms with van der Waals surface area (Å²) in [6.45, 7) is 3.96. The zero-order valence-corrected chi connectivity index (χ0v) is 13.2. The third-order valence-electron chi connectivity index (χ3n) is 2.88. The predicted octanol–water partition coefficient (Wildman–Crippen LogP) is 2.36. The quantitative estimate of drug-likeness (QED) is 0.826. The van der Waals surface area contributed by atoms with Crippen LogP contribution in [0.1, 0.15) is 25.0 Å². The highest BCUT2D eigenvalue weighted by molar-refractivity contribution is 7.89. The van der Waals surface area contributed by atoms with Gasteiger partial charge in [-0.2, -0.15) is 17.9 Å². The Balaban J connectivity index is 3.38. The highest BCUT2D eigenvalue weighted by Crippen LogP contribution is 2.34. The van der Waals surface area contributed by atoms with Gasteiger partial charge in [0.25, 0.3) is 0 Å². The maximum Gasteiger partial charge on any atom is 0.416 e. The van der Waals surface area contributed by atoms with Crippen molar-refractivity contribution in [2.45, 2.75) is 37.4 Å². The lowest BCUT2D eigenvalue weighted by Gasteiger charge is -2.25. The molecule has 9 heteroatoms. The fourth-order valence-corrected chi connectivity index (χ4v) is 3.43. The van der Waals surface area contributed by atoms with Gasteiger partial charge < -0.3 is 5.73 Å². The molecule has 0 aliphatic heterocycles. The van der Waals surface area contributed by atoms with E-state index < -0.39 is 32.2 Å². The summed E-state index contributed by atoms with van der Waals surface area (Å²) in [7, 11) is -4.19. The average Bonchev–Trinajstić information content (AvgIpc) is 2.25. The van der Waals surface area contributed by atoms with Crippen molar-refractivity contribution in [2.75, 3.05) is 0 Å². The Morgan fingerprint density at radius 3 is 2.24 bits per heavy atom. The summed E-state index contributed by atoms with van der Waals surface area (Å²) in [5.41, 5.74) is 2.78. The van der Waals surface area contributed by atoms with E-state index in [1.807, 2.05) is 0 Å². The number of benzene rings is 1. The lowest BCUT2D eigenvalue weighted by atomic mass is 10.1. The Morgan fingerprint density at radius 1 is 1.29 bits per heavy atom. The van der Waals surface area contributed by atoms with E-state index in [9.17, 15) is 21.6 Å². The molecule has 1 rings (SSSR count). The van der Waals surface area contributed by atoms with Gasteiger partial charge in [-0.3, -0.25) is 0 Å². The number of nitrogens with two attached hydrogens (primary N) is 1. The largest absolute Gasteiger partial charge is 0.416 e. The molecule has 0 amide bonds. The first-order chi connectivity index (χ1) is 9.29. The fraction of sp³-hybridized carbons (Fsp3) is 0.417. The standard InChI is InChI=1S/C12H15F3N2O2S2/c1-7-8(12(13,14)15)5-4-6-9(7)21(18,19)17-11(2,3)10(16)20/h4-6,17H,1-3H3,(H2,16,20). The lowest BCUT2D eigenvalue weighted by molar-refractivity contribution is -0.138. The van der Waals surface area contributed by atoms with Gasteiger partial charge in [0.1, 0.15) is 0 Å². The fourth-order valence-electron chi connectivity index (χ4n) is 1.65. The monoisotopic (exact) mass is 340 g/mol. The molecule has 0 fully saturated rings. The third-order valence-corrected chi connectivity index (χ3v) is 5.20. The van der Waals surface area contributed by atoms with Gasteiger partial charge in [0.15, 0.2) is 0 Å². The van der Waals surface area contributed by atoms with E-state index in [-0.39, 0.29) is 10.6 Å². The average molecular weight is 340 g/mol. The van der Waals surface area contributed by atoms with Crippen molar-refractivity contribution in [3.05, 3.63) is 29.3 Å². The molecular weight excluding hydrogens is 325 g/mol. The smallest absolute Gasteiger partial charge is 0.392 e. The van der Waals surface area contributed by atoms with E-state index in [1.165, 1.54) is 13.8 Å². The summed E-state index contributed by atoms with van der Waals surface area (Å²) in [6, 6.07) is 2.97. The Morgan fingerprint density at radius 2 is 1.81 bits per heavy atom. The first-order valence-corrected chi connectivity index (χ1v) is 7.69. The molecule has 4 nitrogen and oxygen atoms in total. The van der Waals surface area contributed by atoms with E-state index >= 15 is 0 Å². The number of alkyl halides is 3. The highest BCUT2D eigenvalue weighted by atomic mass is 32.2. The van der Waals surface area contributed by atoms with Crippen LogP contribution in [-0.4, -0.2) is 18.9 Å². The number of hydrogen-bond donors (Lipinski definition) is 2. The van der Waals surface area contributed by atoms with Gasteiger partial charge in [0.05, 0.1) is 21.0 Å². The number of rotatable bonds is 4. The van der Waals surface area contributed by atoms with Crippen LogP contribution in [0, 0.1) is 6.92 Å². The Labute approximate surface area is 126 Å². The van der Waals surface area contributed by atoms with Crippen LogP contribution in [-0.2, 0) is 16.2 Å². The molecule has 0 saturated carbocycles. The number of nitrogens with one attached hydrogen (secondary N) is 1. The molecule has 0 aromatic heterocycles. The molecule has 0 spiro atoms. The SMILES string of the molecule is Cc1c(C(F)(F)F)cccc1S(=O)(=O)NC(C)(C)C(N)=S. The maximum atomic E-state index is 12.8. The van der Waals surface area contributed by atoms with E-state index in [2.05, 4.69) is 4.72 Å². The van der Waals surface area contributed by atoms with Crippen LogP contribution in [0.3, 0.4) is 0 Å². The lowest BCUT2D eigenvalue weighted by Crippen LogP contribution is -2.52. The van der Waals surface area contributed by atoms with Crippen LogP contribution in [0.4, 0.5) is 13.2 Å². The molecule has 0 atom stereocenters. The molecule has 118 valence electrons. The normalized spacial score (nSPS) is 13.2. The first-order valence-electron chi connectivity index (χ1n) is 5.80. The maximum absolute atomic E-state index is 12.8. The molecule has 0 aliphatic carbocycles. The van der Waals surface area contributed by atoms with Crippen molar-refractivity contribution in [1.29, 1.82) is 0 Å². The van der Waals surface area contributed by atoms with Gasteiger partial charge in [0, 0.05) is 0 Å². The Kier molecular flexibility index (Phi) is 4.71. The van der Waals surface area contributed by atoms with E-state index in [1.54, 1.807) is 0 Å². The Hall–Kier alpha value is -1.19. The summed E-state index contributed by atoms with van der Waals surface area (Å²) in [5.74, 6) is 0. The first kappa shape index (κ1) is 17.9. The minimum atomic E-state index is -4.63. The summed E-state index contributed by atoms with van der Waals surface area (Å²) in [5, 5.41) is 0. The minimum absolute atomic E-state index is 0.115.